The molecule has 3 nitrogen and oxygen atoms in total. The highest BCUT2D eigenvalue weighted by Crippen LogP contribution is 2.27. The van der Waals surface area contributed by atoms with Gasteiger partial charge >= 0.3 is 0 Å². The summed E-state index contributed by atoms with van der Waals surface area (Å²) >= 11 is 6.12. The van der Waals surface area contributed by atoms with Gasteiger partial charge in [0.15, 0.2) is 0 Å². The van der Waals surface area contributed by atoms with Crippen molar-refractivity contribution in [1.82, 2.24) is 4.90 Å². The zero-order valence-electron chi connectivity index (χ0n) is 12.7. The van der Waals surface area contributed by atoms with Gasteiger partial charge in [-0.05, 0) is 30.9 Å². The van der Waals surface area contributed by atoms with Gasteiger partial charge in [0.25, 0.3) is 0 Å². The normalized spacial score (nSPS) is 22.0. The molecule has 0 bridgehead atoms. The maximum Gasteiger partial charge on any atom is 0.223 e. The van der Waals surface area contributed by atoms with Gasteiger partial charge in [0.05, 0.1) is 5.02 Å². The van der Waals surface area contributed by atoms with Gasteiger partial charge < -0.3 is 9.64 Å². The van der Waals surface area contributed by atoms with Crippen molar-refractivity contribution < 1.29 is 9.53 Å². The first kappa shape index (κ1) is 15.4. The van der Waals surface area contributed by atoms with Crippen LogP contribution in [0.4, 0.5) is 0 Å². The topological polar surface area (TPSA) is 29.5 Å². The van der Waals surface area contributed by atoms with Crippen molar-refractivity contribution in [1.29, 1.82) is 0 Å². The van der Waals surface area contributed by atoms with Crippen molar-refractivity contribution in [2.24, 2.45) is 5.92 Å². The molecule has 4 heteroatoms. The van der Waals surface area contributed by atoms with Crippen molar-refractivity contribution in [3.8, 4) is 5.75 Å². The molecule has 1 fully saturated rings. The molecule has 1 aliphatic carbocycles. The van der Waals surface area contributed by atoms with E-state index in [1.807, 2.05) is 29.2 Å². The number of para-hydroxylation sites is 1. The van der Waals surface area contributed by atoms with E-state index in [4.69, 9.17) is 16.3 Å². The van der Waals surface area contributed by atoms with E-state index in [0.717, 1.165) is 44.5 Å². The van der Waals surface area contributed by atoms with Crippen LogP contribution in [0.2, 0.25) is 5.02 Å². The highest BCUT2D eigenvalue weighted by molar-refractivity contribution is 6.32. The number of halogens is 1. The lowest BCUT2D eigenvalue weighted by molar-refractivity contribution is -0.133. The van der Waals surface area contributed by atoms with Crippen LogP contribution in [0.3, 0.4) is 0 Å². The van der Waals surface area contributed by atoms with E-state index in [1.54, 1.807) is 0 Å². The molecule has 1 heterocycles. The van der Waals surface area contributed by atoms with E-state index >= 15 is 0 Å². The molecule has 0 saturated carbocycles. The Morgan fingerprint density at radius 1 is 1.23 bits per heavy atom. The first-order valence-electron chi connectivity index (χ1n) is 8.08. The van der Waals surface area contributed by atoms with Crippen LogP contribution >= 0.6 is 11.6 Å². The maximum atomic E-state index is 12.3. The molecule has 0 radical (unpaired) electrons. The lowest BCUT2D eigenvalue weighted by Crippen LogP contribution is -2.42. The number of ether oxygens (including phenoxy) is 1. The predicted molar refractivity (Wildman–Crippen MR) is 88.2 cm³/mol. The zero-order chi connectivity index (χ0) is 15.4. The Kier molecular flexibility index (Phi) is 5.04. The van der Waals surface area contributed by atoms with Gasteiger partial charge in [-0.3, -0.25) is 4.79 Å². The fraction of sp³-hybridized carbons (Fsp3) is 0.500. The largest absolute Gasteiger partial charge is 0.489 e. The van der Waals surface area contributed by atoms with Gasteiger partial charge in [-0.1, -0.05) is 35.9 Å². The Morgan fingerprint density at radius 2 is 2.00 bits per heavy atom. The zero-order valence-corrected chi connectivity index (χ0v) is 13.5. The number of amides is 1. The Labute approximate surface area is 136 Å². The van der Waals surface area contributed by atoms with Crippen molar-refractivity contribution >= 4 is 17.5 Å². The molecule has 1 aliphatic heterocycles. The monoisotopic (exact) mass is 319 g/mol. The van der Waals surface area contributed by atoms with Crippen LogP contribution in [-0.2, 0) is 4.79 Å². The molecule has 2 aliphatic rings. The second kappa shape index (κ2) is 7.19. The SMILES string of the molecule is O=C(CC1C=CCC1)N1CCC(Oc2ccccc2Cl)CC1. The number of nitrogens with zero attached hydrogens (tertiary/aromatic N) is 1. The Morgan fingerprint density at radius 3 is 2.68 bits per heavy atom. The molecule has 1 amide bonds. The summed E-state index contributed by atoms with van der Waals surface area (Å²) in [5, 5.41) is 0.647. The van der Waals surface area contributed by atoms with E-state index in [-0.39, 0.29) is 12.0 Å². The van der Waals surface area contributed by atoms with E-state index in [9.17, 15) is 4.79 Å². The molecule has 1 atom stereocenters. The quantitative estimate of drug-likeness (QED) is 0.783. The van der Waals surface area contributed by atoms with Crippen LogP contribution < -0.4 is 4.74 Å². The van der Waals surface area contributed by atoms with Gasteiger partial charge in [0, 0.05) is 32.4 Å². The Bertz CT molecular complexity index is 550. The summed E-state index contributed by atoms with van der Waals surface area (Å²) in [6.45, 7) is 1.56. The molecular formula is C18H22ClNO2. The minimum atomic E-state index is 0.148. The molecule has 1 unspecified atom stereocenters. The average molecular weight is 320 g/mol. The lowest BCUT2D eigenvalue weighted by Gasteiger charge is -2.33. The van der Waals surface area contributed by atoms with Crippen molar-refractivity contribution in [3.05, 3.63) is 41.4 Å². The number of rotatable bonds is 4. The fourth-order valence-corrected chi connectivity index (χ4v) is 3.34. The molecule has 0 N–H and O–H groups in total. The molecule has 1 aromatic carbocycles. The van der Waals surface area contributed by atoms with Crippen molar-refractivity contribution in [3.63, 3.8) is 0 Å². The summed E-state index contributed by atoms with van der Waals surface area (Å²) in [6.07, 6.45) is 9.16. The minimum absolute atomic E-state index is 0.148. The number of hydrogen-bond acceptors (Lipinski definition) is 2. The smallest absolute Gasteiger partial charge is 0.223 e. The summed E-state index contributed by atoms with van der Waals surface area (Å²) in [5.41, 5.74) is 0. The molecule has 0 aromatic heterocycles. The van der Waals surface area contributed by atoms with Gasteiger partial charge in [0.1, 0.15) is 11.9 Å². The number of benzene rings is 1. The fourth-order valence-electron chi connectivity index (χ4n) is 3.16. The maximum absolute atomic E-state index is 12.3. The van der Waals surface area contributed by atoms with Crippen LogP contribution in [0.25, 0.3) is 0 Å². The summed E-state index contributed by atoms with van der Waals surface area (Å²) in [6, 6.07) is 7.56. The molecular weight excluding hydrogens is 298 g/mol. The molecule has 22 heavy (non-hydrogen) atoms. The number of carbonyl (C=O) groups excluding carboxylic acids is 1. The van der Waals surface area contributed by atoms with Gasteiger partial charge in [-0.15, -0.1) is 0 Å². The van der Waals surface area contributed by atoms with E-state index < -0.39 is 0 Å². The van der Waals surface area contributed by atoms with Gasteiger partial charge in [0.2, 0.25) is 5.91 Å². The lowest BCUT2D eigenvalue weighted by atomic mass is 10.0. The van der Waals surface area contributed by atoms with Crippen molar-refractivity contribution in [2.75, 3.05) is 13.1 Å². The minimum Gasteiger partial charge on any atom is -0.489 e. The molecule has 118 valence electrons. The second-order valence-electron chi connectivity index (χ2n) is 6.10. The number of likely N-dealkylation sites (tertiary alicyclic amines) is 1. The van der Waals surface area contributed by atoms with Crippen LogP contribution in [0.5, 0.6) is 5.75 Å². The average Bonchev–Trinajstić information content (AvgIpc) is 3.03. The number of carbonyl (C=O) groups is 1. The standard InChI is InChI=1S/C18H22ClNO2/c19-16-7-3-4-8-17(16)22-15-9-11-20(12-10-15)18(21)13-14-5-1-2-6-14/h1,3-5,7-8,14-15H,2,6,9-13H2. The highest BCUT2D eigenvalue weighted by atomic mass is 35.5. The van der Waals surface area contributed by atoms with E-state index in [0.29, 0.717) is 17.4 Å². The summed E-state index contributed by atoms with van der Waals surface area (Å²) < 4.78 is 5.97. The van der Waals surface area contributed by atoms with Crippen LogP contribution in [0.15, 0.2) is 36.4 Å². The molecule has 3 rings (SSSR count). The van der Waals surface area contributed by atoms with E-state index in [2.05, 4.69) is 12.2 Å². The second-order valence-corrected chi connectivity index (χ2v) is 6.51. The van der Waals surface area contributed by atoms with Crippen LogP contribution in [-0.4, -0.2) is 30.0 Å². The third-order valence-corrected chi connectivity index (χ3v) is 4.79. The van der Waals surface area contributed by atoms with Gasteiger partial charge in [-0.25, -0.2) is 0 Å². The molecule has 0 spiro atoms. The third kappa shape index (κ3) is 3.83. The summed E-state index contributed by atoms with van der Waals surface area (Å²) in [7, 11) is 0. The Balaban J connectivity index is 1.47. The highest BCUT2D eigenvalue weighted by Gasteiger charge is 2.25. The van der Waals surface area contributed by atoms with Gasteiger partial charge in [-0.2, -0.15) is 0 Å². The molecule has 1 saturated heterocycles. The number of allylic oxidation sites excluding steroid dienone is 2. The third-order valence-electron chi connectivity index (χ3n) is 4.47. The first-order valence-corrected chi connectivity index (χ1v) is 8.46. The Hall–Kier alpha value is -1.48. The number of hydrogen-bond donors (Lipinski definition) is 0. The molecule has 1 aromatic rings. The predicted octanol–water partition coefficient (Wildman–Crippen LogP) is 4.07. The number of piperidine rings is 1. The summed E-state index contributed by atoms with van der Waals surface area (Å²) in [5.74, 6) is 1.47. The van der Waals surface area contributed by atoms with Crippen LogP contribution in [0, 0.1) is 5.92 Å². The van der Waals surface area contributed by atoms with Crippen LogP contribution in [0.1, 0.15) is 32.1 Å². The summed E-state index contributed by atoms with van der Waals surface area (Å²) in [4.78, 5) is 14.3. The van der Waals surface area contributed by atoms with E-state index in [1.165, 1.54) is 0 Å². The first-order chi connectivity index (χ1) is 10.7. The van der Waals surface area contributed by atoms with Crippen molar-refractivity contribution in [2.45, 2.75) is 38.2 Å².